The van der Waals surface area contributed by atoms with Gasteiger partial charge in [-0.05, 0) is 50.3 Å². The van der Waals surface area contributed by atoms with E-state index in [0.717, 1.165) is 31.5 Å². The molecule has 152 valence electrons. The van der Waals surface area contributed by atoms with Gasteiger partial charge in [0.15, 0.2) is 0 Å². The first kappa shape index (κ1) is 21.1. The second-order valence-corrected chi connectivity index (χ2v) is 8.91. The van der Waals surface area contributed by atoms with Crippen molar-refractivity contribution in [3.63, 3.8) is 0 Å². The molecule has 1 N–H and O–H groups in total. The molecule has 2 aliphatic heterocycles. The highest BCUT2D eigenvalue weighted by atomic mass is 32.2. The Morgan fingerprint density at radius 3 is 2.96 bits per heavy atom. The molecule has 0 aliphatic carbocycles. The molecule has 1 atom stereocenters. The van der Waals surface area contributed by atoms with Crippen LogP contribution in [-0.2, 0) is 16.6 Å². The van der Waals surface area contributed by atoms with Gasteiger partial charge in [0, 0.05) is 51.1 Å². The van der Waals surface area contributed by atoms with Crippen LogP contribution in [0.15, 0.2) is 23.2 Å². The maximum atomic E-state index is 12.7. The van der Waals surface area contributed by atoms with Crippen molar-refractivity contribution in [3.05, 3.63) is 28.9 Å². The molecular formula is C20H27N3O3S2. The molecule has 1 aromatic heterocycles. The quantitative estimate of drug-likeness (QED) is 0.542. The fourth-order valence-electron chi connectivity index (χ4n) is 3.76. The lowest BCUT2D eigenvalue weighted by Gasteiger charge is -2.35. The minimum Gasteiger partial charge on any atom is -0.396 e. The average molecular weight is 422 g/mol. The van der Waals surface area contributed by atoms with Crippen molar-refractivity contribution >= 4 is 46.2 Å². The molecule has 3 heterocycles. The topological polar surface area (TPSA) is 65.8 Å². The third-order valence-corrected chi connectivity index (χ3v) is 6.70. The summed E-state index contributed by atoms with van der Waals surface area (Å²) in [7, 11) is 1.93. The molecule has 1 unspecified atom stereocenters. The number of aryl methyl sites for hydroxylation is 1. The predicted molar refractivity (Wildman–Crippen MR) is 116 cm³/mol. The number of carbonyl (C=O) groups excluding carboxylic acids is 2. The first-order chi connectivity index (χ1) is 13.5. The highest BCUT2D eigenvalue weighted by molar-refractivity contribution is 8.26. The number of hydrogen-bond acceptors (Lipinski definition) is 5. The summed E-state index contributed by atoms with van der Waals surface area (Å²) in [5.41, 5.74) is 0.954. The van der Waals surface area contributed by atoms with E-state index in [0.29, 0.717) is 35.0 Å². The Balaban J connectivity index is 1.53. The van der Waals surface area contributed by atoms with Crippen LogP contribution in [0.2, 0.25) is 0 Å². The van der Waals surface area contributed by atoms with E-state index >= 15 is 0 Å². The second kappa shape index (κ2) is 9.71. The van der Waals surface area contributed by atoms with Gasteiger partial charge in [0.1, 0.15) is 4.32 Å². The Morgan fingerprint density at radius 2 is 2.25 bits per heavy atom. The molecule has 0 radical (unpaired) electrons. The number of piperidine rings is 1. The maximum absolute atomic E-state index is 12.7. The van der Waals surface area contributed by atoms with Crippen LogP contribution in [0.3, 0.4) is 0 Å². The number of nitrogens with zero attached hydrogens (tertiary/aromatic N) is 3. The fourth-order valence-corrected chi connectivity index (χ4v) is 5.05. The van der Waals surface area contributed by atoms with E-state index in [1.165, 1.54) is 11.8 Å². The summed E-state index contributed by atoms with van der Waals surface area (Å²) in [4.78, 5) is 29.4. The van der Waals surface area contributed by atoms with E-state index in [2.05, 4.69) is 0 Å². The van der Waals surface area contributed by atoms with Crippen LogP contribution in [0.25, 0.3) is 6.08 Å². The number of carbonyl (C=O) groups is 2. The van der Waals surface area contributed by atoms with Crippen molar-refractivity contribution in [1.82, 2.24) is 14.4 Å². The van der Waals surface area contributed by atoms with Gasteiger partial charge in [-0.15, -0.1) is 0 Å². The largest absolute Gasteiger partial charge is 0.396 e. The van der Waals surface area contributed by atoms with Crippen molar-refractivity contribution < 1.29 is 14.7 Å². The zero-order chi connectivity index (χ0) is 20.1. The Labute approximate surface area is 175 Å². The van der Waals surface area contributed by atoms with Gasteiger partial charge >= 0.3 is 0 Å². The van der Waals surface area contributed by atoms with Gasteiger partial charge in [-0.25, -0.2) is 0 Å². The lowest BCUT2D eigenvalue weighted by atomic mass is 9.99. The molecule has 2 saturated heterocycles. The number of aliphatic hydroxyl groups excluding tert-OH is 1. The van der Waals surface area contributed by atoms with E-state index in [9.17, 15) is 14.7 Å². The average Bonchev–Trinajstić information content (AvgIpc) is 3.20. The normalized spacial score (nSPS) is 21.8. The van der Waals surface area contributed by atoms with Crippen LogP contribution in [0, 0.1) is 0 Å². The van der Waals surface area contributed by atoms with Crippen molar-refractivity contribution in [1.29, 1.82) is 0 Å². The predicted octanol–water partition coefficient (Wildman–Crippen LogP) is 2.77. The van der Waals surface area contributed by atoms with Crippen molar-refractivity contribution in [3.8, 4) is 0 Å². The molecule has 3 rings (SSSR count). The number of amides is 2. The minimum absolute atomic E-state index is 0.0835. The van der Waals surface area contributed by atoms with Crippen LogP contribution in [0.1, 0.15) is 44.2 Å². The summed E-state index contributed by atoms with van der Waals surface area (Å²) in [6.45, 7) is 1.34. The van der Waals surface area contributed by atoms with Gasteiger partial charge in [-0.2, -0.15) is 0 Å². The highest BCUT2D eigenvalue weighted by Gasteiger charge is 2.32. The number of aromatic nitrogens is 1. The summed E-state index contributed by atoms with van der Waals surface area (Å²) in [5.74, 6) is 0.0303. The van der Waals surface area contributed by atoms with Crippen LogP contribution in [0.4, 0.5) is 0 Å². The second-order valence-electron chi connectivity index (χ2n) is 7.23. The first-order valence-electron chi connectivity index (χ1n) is 9.78. The van der Waals surface area contributed by atoms with Gasteiger partial charge in [-0.1, -0.05) is 24.0 Å². The molecule has 0 bridgehead atoms. The van der Waals surface area contributed by atoms with Gasteiger partial charge < -0.3 is 14.6 Å². The standard InChI is InChI=1S/C20H27N3O3S2/c1-21-10-4-7-16(21)14-17-19(26)23(20(27)28-17)12-5-8-18(25)22-11-3-2-6-15(22)9-13-24/h4,7,10,14-15,24H,2-3,5-6,8-9,11-13H2,1H3. The van der Waals surface area contributed by atoms with Gasteiger partial charge in [0.2, 0.25) is 5.91 Å². The van der Waals surface area contributed by atoms with E-state index in [-0.39, 0.29) is 24.5 Å². The lowest BCUT2D eigenvalue weighted by molar-refractivity contribution is -0.135. The summed E-state index contributed by atoms with van der Waals surface area (Å²) in [6.07, 6.45) is 8.52. The first-order valence-corrected chi connectivity index (χ1v) is 11.0. The van der Waals surface area contributed by atoms with E-state index in [4.69, 9.17) is 12.2 Å². The number of likely N-dealkylation sites (tertiary alicyclic amines) is 1. The van der Waals surface area contributed by atoms with E-state index < -0.39 is 0 Å². The number of rotatable bonds is 7. The molecule has 8 heteroatoms. The van der Waals surface area contributed by atoms with Gasteiger partial charge in [-0.3, -0.25) is 14.5 Å². The smallest absolute Gasteiger partial charge is 0.266 e. The zero-order valence-corrected chi connectivity index (χ0v) is 17.8. The monoisotopic (exact) mass is 421 g/mol. The molecular weight excluding hydrogens is 394 g/mol. The molecule has 28 heavy (non-hydrogen) atoms. The lowest BCUT2D eigenvalue weighted by Crippen LogP contribution is -2.44. The van der Waals surface area contributed by atoms with Crippen molar-refractivity contribution in [2.24, 2.45) is 7.05 Å². The Morgan fingerprint density at radius 1 is 1.43 bits per heavy atom. The molecule has 2 aliphatic rings. The fraction of sp³-hybridized carbons (Fsp3) is 0.550. The van der Waals surface area contributed by atoms with Crippen molar-refractivity contribution in [2.75, 3.05) is 19.7 Å². The molecule has 1 aromatic rings. The number of aliphatic hydroxyl groups is 1. The summed E-state index contributed by atoms with van der Waals surface area (Å²) < 4.78 is 2.50. The van der Waals surface area contributed by atoms with E-state index in [1.807, 2.05) is 40.9 Å². The van der Waals surface area contributed by atoms with Gasteiger partial charge in [0.05, 0.1) is 4.91 Å². The Bertz CT molecular complexity index is 773. The summed E-state index contributed by atoms with van der Waals surface area (Å²) in [6, 6.07) is 4.03. The maximum Gasteiger partial charge on any atom is 0.266 e. The molecule has 0 aromatic carbocycles. The van der Waals surface area contributed by atoms with Crippen LogP contribution >= 0.6 is 24.0 Å². The molecule has 0 spiro atoms. The Hall–Kier alpha value is -1.64. The molecule has 2 fully saturated rings. The highest BCUT2D eigenvalue weighted by Crippen LogP contribution is 2.32. The zero-order valence-electron chi connectivity index (χ0n) is 16.2. The Kier molecular flexibility index (Phi) is 7.31. The third-order valence-electron chi connectivity index (χ3n) is 5.32. The van der Waals surface area contributed by atoms with Gasteiger partial charge in [0.25, 0.3) is 5.91 Å². The molecule has 0 saturated carbocycles. The number of thioether (sulfide) groups is 1. The molecule has 2 amide bonds. The SMILES string of the molecule is Cn1cccc1C=C1SC(=S)N(CCCC(=O)N2CCCCC2CCO)C1=O. The third kappa shape index (κ3) is 4.85. The van der Waals surface area contributed by atoms with Crippen LogP contribution in [-0.4, -0.2) is 61.3 Å². The number of thiocarbonyl (C=S) groups is 1. The summed E-state index contributed by atoms with van der Waals surface area (Å²) in [5, 5.41) is 9.22. The summed E-state index contributed by atoms with van der Waals surface area (Å²) >= 11 is 6.69. The molecule has 6 nitrogen and oxygen atoms in total. The van der Waals surface area contributed by atoms with Crippen LogP contribution in [0.5, 0.6) is 0 Å². The van der Waals surface area contributed by atoms with Crippen molar-refractivity contribution in [2.45, 2.75) is 44.6 Å². The van der Waals surface area contributed by atoms with E-state index in [1.54, 1.807) is 4.90 Å². The number of hydrogen-bond donors (Lipinski definition) is 1. The van der Waals surface area contributed by atoms with Crippen LogP contribution < -0.4 is 0 Å². The minimum atomic E-state index is -0.0835.